The van der Waals surface area contributed by atoms with Crippen LogP contribution < -0.4 is 18.1 Å². The molecule has 0 atom stereocenters. The average Bonchev–Trinajstić information content (AvgIpc) is 2.52. The van der Waals surface area contributed by atoms with Crippen LogP contribution >= 0.6 is 0 Å². The fraction of sp³-hybridized carbons (Fsp3) is 1.00. The van der Waals surface area contributed by atoms with Crippen molar-refractivity contribution in [2.45, 2.75) is 136 Å². The molecule has 0 aromatic rings. The van der Waals surface area contributed by atoms with Gasteiger partial charge in [-0.25, -0.2) is 0 Å². The van der Waals surface area contributed by atoms with E-state index in [2.05, 4.69) is 26.5 Å². The minimum absolute atomic E-state index is 0. The quantitative estimate of drug-likeness (QED) is 0.346. The van der Waals surface area contributed by atoms with E-state index in [4.69, 9.17) is 0 Å². The highest BCUT2D eigenvalue weighted by Gasteiger charge is 2.08. The van der Waals surface area contributed by atoms with E-state index in [9.17, 15) is 0 Å². The van der Waals surface area contributed by atoms with Crippen LogP contribution in [0.1, 0.15) is 136 Å². The van der Waals surface area contributed by atoms with Crippen molar-refractivity contribution in [3.8, 4) is 0 Å². The van der Waals surface area contributed by atoms with Crippen LogP contribution in [0.25, 0.3) is 0 Å². The fourth-order valence-corrected chi connectivity index (χ4v) is 3.48. The highest BCUT2D eigenvalue weighted by molar-refractivity contribution is 4.61. The Morgan fingerprint density at radius 1 is 0.440 bits per heavy atom. The van der Waals surface area contributed by atoms with Crippen LogP contribution in [0.15, 0.2) is 0 Å². The lowest BCUT2D eigenvalue weighted by Gasteiger charge is -2.17. The number of hydrogen-bond acceptors (Lipinski definition) is 0. The van der Waals surface area contributed by atoms with Crippen LogP contribution in [-0.4, -0.2) is 6.54 Å². The van der Waals surface area contributed by atoms with Gasteiger partial charge in [-0.3, -0.25) is 0 Å². The second-order valence-corrected chi connectivity index (χ2v) is 9.17. The Balaban J connectivity index is 0. The molecule has 0 amide bonds. The smallest absolute Gasteiger partial charge is 0.0739 e. The first-order valence-corrected chi connectivity index (χ1v) is 11.4. The lowest BCUT2D eigenvalue weighted by molar-refractivity contribution is -0.368. The SMILES string of the molecule is CC(C)(C)CCCCCCCCCCCCCCCCCCC[NH3+].[Cl-]. The zero-order chi connectivity index (χ0) is 17.9. The molecule has 0 bridgehead atoms. The monoisotopic (exact) mass is 375 g/mol. The summed E-state index contributed by atoms with van der Waals surface area (Å²) in [5, 5.41) is 0. The normalized spacial score (nSPS) is 11.5. The van der Waals surface area contributed by atoms with E-state index in [1.54, 1.807) is 0 Å². The Morgan fingerprint density at radius 3 is 0.920 bits per heavy atom. The van der Waals surface area contributed by atoms with Crippen molar-refractivity contribution < 1.29 is 18.1 Å². The van der Waals surface area contributed by atoms with E-state index < -0.39 is 0 Å². The lowest BCUT2D eigenvalue weighted by Crippen LogP contribution is -3.00. The second kappa shape index (κ2) is 20.6. The number of rotatable bonds is 18. The highest BCUT2D eigenvalue weighted by Crippen LogP contribution is 2.22. The number of halogens is 1. The molecule has 2 heteroatoms. The summed E-state index contributed by atoms with van der Waals surface area (Å²) < 4.78 is 0. The van der Waals surface area contributed by atoms with Crippen LogP contribution in [0, 0.1) is 5.41 Å². The molecule has 3 N–H and O–H groups in total. The van der Waals surface area contributed by atoms with Crippen molar-refractivity contribution in [1.29, 1.82) is 0 Å². The topological polar surface area (TPSA) is 27.6 Å². The molecule has 154 valence electrons. The van der Waals surface area contributed by atoms with Crippen LogP contribution in [-0.2, 0) is 0 Å². The Morgan fingerprint density at radius 2 is 0.680 bits per heavy atom. The largest absolute Gasteiger partial charge is 1.00 e. The molecule has 0 aromatic heterocycles. The fourth-order valence-electron chi connectivity index (χ4n) is 3.48. The van der Waals surface area contributed by atoms with E-state index in [-0.39, 0.29) is 12.4 Å². The second-order valence-electron chi connectivity index (χ2n) is 9.17. The first-order valence-electron chi connectivity index (χ1n) is 11.4. The summed E-state index contributed by atoms with van der Waals surface area (Å²) in [7, 11) is 0. The van der Waals surface area contributed by atoms with Gasteiger partial charge < -0.3 is 18.1 Å². The predicted octanol–water partition coefficient (Wildman–Crippen LogP) is 4.30. The van der Waals surface area contributed by atoms with E-state index in [0.29, 0.717) is 5.41 Å². The number of hydrogen-bond donors (Lipinski definition) is 1. The molecule has 0 aliphatic rings. The van der Waals surface area contributed by atoms with Gasteiger partial charge in [-0.1, -0.05) is 117 Å². The predicted molar refractivity (Wildman–Crippen MR) is 110 cm³/mol. The van der Waals surface area contributed by atoms with Crippen molar-refractivity contribution in [2.75, 3.05) is 6.54 Å². The lowest BCUT2D eigenvalue weighted by atomic mass is 9.89. The van der Waals surface area contributed by atoms with Crippen molar-refractivity contribution in [2.24, 2.45) is 5.41 Å². The molecule has 0 aliphatic carbocycles. The summed E-state index contributed by atoms with van der Waals surface area (Å²) in [5.41, 5.74) is 4.44. The third-order valence-corrected chi connectivity index (χ3v) is 5.18. The molecule has 0 radical (unpaired) electrons. The highest BCUT2D eigenvalue weighted by atomic mass is 35.5. The Bertz CT molecular complexity index is 235. The zero-order valence-corrected chi connectivity index (χ0v) is 18.8. The van der Waals surface area contributed by atoms with E-state index >= 15 is 0 Å². The number of quaternary nitrogens is 1. The molecule has 0 fully saturated rings. The van der Waals surface area contributed by atoms with Gasteiger partial charge in [0.05, 0.1) is 6.54 Å². The van der Waals surface area contributed by atoms with Crippen LogP contribution in [0.3, 0.4) is 0 Å². The van der Waals surface area contributed by atoms with E-state index in [1.165, 1.54) is 116 Å². The molecule has 1 nitrogen and oxygen atoms in total. The molecular formula is C23H50ClN. The Kier molecular flexibility index (Phi) is 22.6. The summed E-state index contributed by atoms with van der Waals surface area (Å²) in [5.74, 6) is 0. The van der Waals surface area contributed by atoms with Crippen molar-refractivity contribution in [1.82, 2.24) is 0 Å². The van der Waals surface area contributed by atoms with Gasteiger partial charge >= 0.3 is 0 Å². The third kappa shape index (κ3) is 26.6. The van der Waals surface area contributed by atoms with Crippen molar-refractivity contribution in [3.63, 3.8) is 0 Å². The van der Waals surface area contributed by atoms with Gasteiger partial charge in [0, 0.05) is 0 Å². The van der Waals surface area contributed by atoms with Gasteiger partial charge in [-0.2, -0.15) is 0 Å². The molecule has 0 unspecified atom stereocenters. The number of unbranched alkanes of at least 4 members (excludes halogenated alkanes) is 16. The molecule has 0 aromatic carbocycles. The van der Waals surface area contributed by atoms with Crippen molar-refractivity contribution >= 4 is 0 Å². The Labute approximate surface area is 166 Å². The van der Waals surface area contributed by atoms with Gasteiger partial charge in [0.15, 0.2) is 0 Å². The minimum atomic E-state index is 0. The summed E-state index contributed by atoms with van der Waals surface area (Å²) in [4.78, 5) is 0. The van der Waals surface area contributed by atoms with E-state index in [0.717, 1.165) is 6.54 Å². The summed E-state index contributed by atoms with van der Waals surface area (Å²) in [6.07, 6.45) is 26.1. The molecule has 0 heterocycles. The average molecular weight is 376 g/mol. The summed E-state index contributed by atoms with van der Waals surface area (Å²) >= 11 is 0. The van der Waals surface area contributed by atoms with Gasteiger partial charge in [0.2, 0.25) is 0 Å². The van der Waals surface area contributed by atoms with Crippen LogP contribution in [0.2, 0.25) is 0 Å². The minimum Gasteiger partial charge on any atom is -1.00 e. The molecule has 25 heavy (non-hydrogen) atoms. The molecule has 0 saturated carbocycles. The zero-order valence-electron chi connectivity index (χ0n) is 18.0. The van der Waals surface area contributed by atoms with Gasteiger partial charge in [0.1, 0.15) is 0 Å². The van der Waals surface area contributed by atoms with Gasteiger partial charge in [-0.05, 0) is 24.7 Å². The standard InChI is InChI=1S/C23H49N.ClH/c1-23(2,3)21-19-17-15-13-11-9-7-5-4-6-8-10-12-14-16-18-20-22-24;/h4-22,24H2,1-3H3;1H. The molecular weight excluding hydrogens is 326 g/mol. The van der Waals surface area contributed by atoms with Crippen LogP contribution in [0.4, 0.5) is 0 Å². The van der Waals surface area contributed by atoms with E-state index in [1.807, 2.05) is 0 Å². The maximum Gasteiger partial charge on any atom is 0.0739 e. The van der Waals surface area contributed by atoms with Crippen molar-refractivity contribution in [3.05, 3.63) is 0 Å². The first kappa shape index (κ1) is 27.5. The first-order chi connectivity index (χ1) is 11.6. The maximum absolute atomic E-state index is 3.90. The van der Waals surface area contributed by atoms with Crippen LogP contribution in [0.5, 0.6) is 0 Å². The Hall–Kier alpha value is 0.250. The molecule has 0 spiro atoms. The third-order valence-electron chi connectivity index (χ3n) is 5.18. The maximum atomic E-state index is 3.90. The summed E-state index contributed by atoms with van der Waals surface area (Å²) in [6, 6.07) is 0. The molecule has 0 saturated heterocycles. The molecule has 0 aliphatic heterocycles. The van der Waals surface area contributed by atoms with Gasteiger partial charge in [0.25, 0.3) is 0 Å². The van der Waals surface area contributed by atoms with Gasteiger partial charge in [-0.15, -0.1) is 0 Å². The summed E-state index contributed by atoms with van der Waals surface area (Å²) in [6.45, 7) is 8.20. The molecule has 0 rings (SSSR count).